The average Bonchev–Trinajstić information content (AvgIpc) is 3.19. The van der Waals surface area contributed by atoms with E-state index in [4.69, 9.17) is 4.74 Å². The van der Waals surface area contributed by atoms with E-state index in [0.29, 0.717) is 19.3 Å². The zero-order chi connectivity index (χ0) is 41.0. The average molecular weight is 780 g/mol. The largest absolute Gasteiger partial charge is 0.462 e. The maximum Gasteiger partial charge on any atom is 0.306 e. The summed E-state index contributed by atoms with van der Waals surface area (Å²) in [5, 5.41) is 23.6. The van der Waals surface area contributed by atoms with Crippen molar-refractivity contribution in [3.63, 3.8) is 0 Å². The first kappa shape index (κ1) is 53.0. The third-order valence-corrected chi connectivity index (χ3v) is 9.86. The van der Waals surface area contributed by atoms with Gasteiger partial charge in [0, 0.05) is 6.42 Å². The number of hydrogen-bond donors (Lipinski definition) is 3. The molecule has 3 atom stereocenters. The molecule has 0 aromatic carbocycles. The molecule has 6 nitrogen and oxygen atoms in total. The highest BCUT2D eigenvalue weighted by Crippen LogP contribution is 2.16. The van der Waals surface area contributed by atoms with Crippen LogP contribution in [0.1, 0.15) is 194 Å². The van der Waals surface area contributed by atoms with Crippen molar-refractivity contribution < 1.29 is 24.5 Å². The first-order chi connectivity index (χ1) is 27.5. The molecule has 0 aliphatic heterocycles. The summed E-state index contributed by atoms with van der Waals surface area (Å²) in [7, 11) is 0. The van der Waals surface area contributed by atoms with E-state index in [9.17, 15) is 19.8 Å². The first-order valence-electron chi connectivity index (χ1n) is 22.9. The number of rotatable bonds is 39. The lowest BCUT2D eigenvalue weighted by atomic mass is 10.0. The van der Waals surface area contributed by atoms with Gasteiger partial charge in [-0.05, 0) is 70.6 Å². The van der Waals surface area contributed by atoms with Crippen molar-refractivity contribution in [2.24, 2.45) is 0 Å². The van der Waals surface area contributed by atoms with Gasteiger partial charge < -0.3 is 20.3 Å². The van der Waals surface area contributed by atoms with Crippen molar-refractivity contribution >= 4 is 11.9 Å². The Labute approximate surface area is 344 Å². The molecule has 6 heteroatoms. The van der Waals surface area contributed by atoms with E-state index < -0.39 is 18.2 Å². The summed E-state index contributed by atoms with van der Waals surface area (Å²) in [5.41, 5.74) is 0. The summed E-state index contributed by atoms with van der Waals surface area (Å²) in [6.45, 7) is 6.25. The number of carbonyl (C=O) groups excluding carboxylic acids is 2. The van der Waals surface area contributed by atoms with E-state index in [1.165, 1.54) is 57.8 Å². The highest BCUT2D eigenvalue weighted by molar-refractivity contribution is 5.77. The maximum absolute atomic E-state index is 13.1. The van der Waals surface area contributed by atoms with Gasteiger partial charge >= 0.3 is 5.97 Å². The smallest absolute Gasteiger partial charge is 0.306 e. The molecule has 3 N–H and O–H groups in total. The van der Waals surface area contributed by atoms with E-state index in [0.717, 1.165) is 89.9 Å². The molecule has 3 unspecified atom stereocenters. The Morgan fingerprint density at radius 2 is 0.964 bits per heavy atom. The molecule has 0 aliphatic rings. The van der Waals surface area contributed by atoms with E-state index in [-0.39, 0.29) is 24.9 Å². The van der Waals surface area contributed by atoms with Crippen molar-refractivity contribution in [3.8, 4) is 0 Å². The Morgan fingerprint density at radius 3 is 1.52 bits per heavy atom. The number of aliphatic hydroxyl groups excluding tert-OH is 2. The van der Waals surface area contributed by atoms with Crippen molar-refractivity contribution in [3.05, 3.63) is 85.1 Å². The molecule has 0 bridgehead atoms. The third kappa shape index (κ3) is 37.9. The lowest BCUT2D eigenvalue weighted by Crippen LogP contribution is -2.46. The molecule has 320 valence electrons. The molecule has 0 radical (unpaired) electrons. The SMILES string of the molecule is CC/C=C/C=C/C=C\C=C/C=C/CCCCCC(=O)OC(CCCCCC/C=C/C=C/CCCCC)CC(=O)NC(CO)C(O)CCCCCCCCCCC. The topological polar surface area (TPSA) is 95.9 Å². The van der Waals surface area contributed by atoms with Crippen LogP contribution >= 0.6 is 0 Å². The normalized spacial score (nSPS) is 14.2. The van der Waals surface area contributed by atoms with Crippen LogP contribution in [0.15, 0.2) is 85.1 Å². The summed E-state index contributed by atoms with van der Waals surface area (Å²) in [6.07, 6.45) is 54.9. The predicted octanol–water partition coefficient (Wildman–Crippen LogP) is 13.2. The molecule has 0 aliphatic carbocycles. The van der Waals surface area contributed by atoms with Crippen LogP contribution in [-0.2, 0) is 14.3 Å². The van der Waals surface area contributed by atoms with Crippen LogP contribution in [0.25, 0.3) is 0 Å². The quantitative estimate of drug-likeness (QED) is 0.0328. The van der Waals surface area contributed by atoms with Gasteiger partial charge in [0.1, 0.15) is 6.10 Å². The molecule has 0 saturated carbocycles. The second kappa shape index (κ2) is 43.2. The standard InChI is InChI=1S/C50H85NO5/c1-4-7-10-13-16-19-21-23-24-26-28-31-34-37-40-43-50(55)56-46(41-38-35-32-30-27-25-22-20-17-14-11-8-5-2)44-49(54)51-47(45-52)48(53)42-39-36-33-29-18-15-12-9-6-3/h7,10,13,16-17,19-26,28,46-48,52-53H,4-6,8-9,11-12,14-15,18,27,29-45H2,1-3H3,(H,51,54)/b10-7+,16-13+,20-17+,21-19-,24-23-,25-22+,28-26+. The Bertz CT molecular complexity index is 1100. The van der Waals surface area contributed by atoms with Crippen LogP contribution in [0.2, 0.25) is 0 Å². The van der Waals surface area contributed by atoms with E-state index in [2.05, 4.69) is 68.6 Å². The van der Waals surface area contributed by atoms with Crippen molar-refractivity contribution in [1.29, 1.82) is 0 Å². The Morgan fingerprint density at radius 1 is 0.536 bits per heavy atom. The minimum Gasteiger partial charge on any atom is -0.462 e. The van der Waals surface area contributed by atoms with E-state index in [1.807, 2.05) is 42.5 Å². The van der Waals surface area contributed by atoms with E-state index >= 15 is 0 Å². The number of allylic oxidation sites excluding steroid dienone is 14. The second-order valence-electron chi connectivity index (χ2n) is 15.2. The molecular weight excluding hydrogens is 695 g/mol. The highest BCUT2D eigenvalue weighted by atomic mass is 16.5. The monoisotopic (exact) mass is 780 g/mol. The van der Waals surface area contributed by atoms with Crippen molar-refractivity contribution in [2.45, 2.75) is 212 Å². The minimum absolute atomic E-state index is 0.0417. The van der Waals surface area contributed by atoms with Crippen molar-refractivity contribution in [2.75, 3.05) is 6.61 Å². The van der Waals surface area contributed by atoms with Crippen LogP contribution in [0.5, 0.6) is 0 Å². The number of carbonyl (C=O) groups is 2. The fraction of sp³-hybridized carbons (Fsp3) is 0.680. The van der Waals surface area contributed by atoms with E-state index in [1.54, 1.807) is 0 Å². The van der Waals surface area contributed by atoms with Crippen molar-refractivity contribution in [1.82, 2.24) is 5.32 Å². The van der Waals surface area contributed by atoms with Gasteiger partial charge in [0.05, 0.1) is 25.2 Å². The molecular formula is C50H85NO5. The maximum atomic E-state index is 13.1. The number of amides is 1. The number of hydrogen-bond acceptors (Lipinski definition) is 5. The molecule has 1 amide bonds. The van der Waals surface area contributed by atoms with Gasteiger partial charge in [-0.1, -0.05) is 196 Å². The minimum atomic E-state index is -0.803. The summed E-state index contributed by atoms with van der Waals surface area (Å²) in [4.78, 5) is 26.0. The van der Waals surface area contributed by atoms with Gasteiger partial charge in [0.15, 0.2) is 0 Å². The Hall–Kier alpha value is -2.96. The van der Waals surface area contributed by atoms with Crippen LogP contribution < -0.4 is 5.32 Å². The van der Waals surface area contributed by atoms with Crippen LogP contribution in [-0.4, -0.2) is 46.9 Å². The zero-order valence-electron chi connectivity index (χ0n) is 36.2. The van der Waals surface area contributed by atoms with Gasteiger partial charge in [-0.15, -0.1) is 0 Å². The summed E-state index contributed by atoms with van der Waals surface area (Å²) in [5.74, 6) is -0.554. The Kier molecular flexibility index (Phi) is 40.9. The zero-order valence-corrected chi connectivity index (χ0v) is 36.2. The van der Waals surface area contributed by atoms with Crippen LogP contribution in [0, 0.1) is 0 Å². The molecule has 0 spiro atoms. The molecule has 0 saturated heterocycles. The summed E-state index contributed by atoms with van der Waals surface area (Å²) < 4.78 is 5.87. The number of nitrogens with one attached hydrogen (secondary N) is 1. The van der Waals surface area contributed by atoms with Crippen LogP contribution in [0.3, 0.4) is 0 Å². The third-order valence-electron chi connectivity index (χ3n) is 9.86. The lowest BCUT2D eigenvalue weighted by molar-refractivity contribution is -0.151. The van der Waals surface area contributed by atoms with Gasteiger partial charge in [-0.3, -0.25) is 9.59 Å². The summed E-state index contributed by atoms with van der Waals surface area (Å²) in [6, 6.07) is -0.719. The van der Waals surface area contributed by atoms with Crippen LogP contribution in [0.4, 0.5) is 0 Å². The second-order valence-corrected chi connectivity index (χ2v) is 15.2. The molecule has 0 rings (SSSR count). The lowest BCUT2D eigenvalue weighted by Gasteiger charge is -2.24. The fourth-order valence-electron chi connectivity index (χ4n) is 6.38. The number of esters is 1. The molecule has 0 aromatic rings. The molecule has 0 fully saturated rings. The number of unbranched alkanes of at least 4 members (excludes halogenated alkanes) is 18. The van der Waals surface area contributed by atoms with Gasteiger partial charge in [0.2, 0.25) is 5.91 Å². The van der Waals surface area contributed by atoms with Gasteiger partial charge in [0.25, 0.3) is 0 Å². The Balaban J connectivity index is 4.75. The molecule has 0 heterocycles. The fourth-order valence-corrected chi connectivity index (χ4v) is 6.38. The summed E-state index contributed by atoms with van der Waals surface area (Å²) >= 11 is 0. The predicted molar refractivity (Wildman–Crippen MR) is 241 cm³/mol. The number of aliphatic hydroxyl groups is 2. The molecule has 0 aromatic heterocycles. The van der Waals surface area contributed by atoms with Gasteiger partial charge in [-0.25, -0.2) is 0 Å². The number of ether oxygens (including phenoxy) is 1. The van der Waals surface area contributed by atoms with Gasteiger partial charge in [-0.2, -0.15) is 0 Å². The first-order valence-corrected chi connectivity index (χ1v) is 22.9. The highest BCUT2D eigenvalue weighted by Gasteiger charge is 2.24. The molecule has 56 heavy (non-hydrogen) atoms.